The highest BCUT2D eigenvalue weighted by Gasteiger charge is 2.04. The van der Waals surface area contributed by atoms with Crippen LogP contribution in [0.15, 0.2) is 52.5 Å². The zero-order valence-electron chi connectivity index (χ0n) is 9.20. The zero-order valence-corrected chi connectivity index (χ0v) is 10.0. The van der Waals surface area contributed by atoms with Crippen molar-refractivity contribution >= 4 is 17.7 Å². The molecule has 1 aromatic carbocycles. The smallest absolute Gasteiger partial charge is 0.337 e. The average molecular weight is 256 g/mol. The molecule has 0 saturated heterocycles. The number of hydrogen-bond acceptors (Lipinski definition) is 4. The summed E-state index contributed by atoms with van der Waals surface area (Å²) in [5.74, 6) is -0.988. The first-order valence-electron chi connectivity index (χ1n) is 5.06. The lowest BCUT2D eigenvalue weighted by Crippen LogP contribution is -1.96. The van der Waals surface area contributed by atoms with Crippen LogP contribution in [0.3, 0.4) is 0 Å². The number of nitrogens with zero attached hydrogens (tertiary/aromatic N) is 2. The molecule has 88 valence electrons. The SMILES string of the molecule is N#Cc1ccc(Sc2ccc(C(=O)O)cn2)cc1. The maximum Gasteiger partial charge on any atom is 0.337 e. The van der Waals surface area contributed by atoms with Gasteiger partial charge in [-0.3, -0.25) is 0 Å². The lowest BCUT2D eigenvalue weighted by Gasteiger charge is -2.01. The molecule has 0 amide bonds. The first kappa shape index (κ1) is 12.1. The van der Waals surface area contributed by atoms with E-state index in [0.717, 1.165) is 4.90 Å². The second kappa shape index (κ2) is 5.34. The summed E-state index contributed by atoms with van der Waals surface area (Å²) in [4.78, 5) is 15.7. The molecule has 1 heterocycles. The van der Waals surface area contributed by atoms with Crippen molar-refractivity contribution in [2.45, 2.75) is 9.92 Å². The van der Waals surface area contributed by atoms with Gasteiger partial charge in [-0.05, 0) is 36.4 Å². The fraction of sp³-hybridized carbons (Fsp3) is 0. The van der Waals surface area contributed by atoms with Gasteiger partial charge in [0.05, 0.1) is 17.2 Å². The van der Waals surface area contributed by atoms with Crippen molar-refractivity contribution in [3.8, 4) is 6.07 Å². The predicted octanol–water partition coefficient (Wildman–Crippen LogP) is 2.80. The van der Waals surface area contributed by atoms with E-state index >= 15 is 0 Å². The summed E-state index contributed by atoms with van der Waals surface area (Å²) in [5, 5.41) is 18.1. The lowest BCUT2D eigenvalue weighted by atomic mass is 10.2. The van der Waals surface area contributed by atoms with Crippen molar-refractivity contribution in [2.24, 2.45) is 0 Å². The molecule has 0 spiro atoms. The topological polar surface area (TPSA) is 74.0 Å². The Morgan fingerprint density at radius 3 is 2.44 bits per heavy atom. The molecule has 0 aliphatic carbocycles. The van der Waals surface area contributed by atoms with Crippen molar-refractivity contribution < 1.29 is 9.90 Å². The van der Waals surface area contributed by atoms with Crippen LogP contribution in [0.5, 0.6) is 0 Å². The van der Waals surface area contributed by atoms with Crippen molar-refractivity contribution in [3.05, 3.63) is 53.7 Å². The minimum atomic E-state index is -0.988. The molecule has 0 atom stereocenters. The quantitative estimate of drug-likeness (QED) is 0.914. The van der Waals surface area contributed by atoms with Crippen LogP contribution in [0, 0.1) is 11.3 Å². The molecule has 0 radical (unpaired) electrons. The summed E-state index contributed by atoms with van der Waals surface area (Å²) in [7, 11) is 0. The molecule has 1 N–H and O–H groups in total. The van der Waals surface area contributed by atoms with Crippen molar-refractivity contribution in [3.63, 3.8) is 0 Å². The number of carboxylic acid groups (broad SMARTS) is 1. The maximum atomic E-state index is 10.7. The summed E-state index contributed by atoms with van der Waals surface area (Å²) in [6.45, 7) is 0. The Morgan fingerprint density at radius 1 is 1.22 bits per heavy atom. The number of carbonyl (C=O) groups is 1. The fourth-order valence-electron chi connectivity index (χ4n) is 1.29. The van der Waals surface area contributed by atoms with E-state index in [9.17, 15) is 4.79 Å². The zero-order chi connectivity index (χ0) is 13.0. The van der Waals surface area contributed by atoms with Gasteiger partial charge in [0.2, 0.25) is 0 Å². The molecule has 0 bridgehead atoms. The van der Waals surface area contributed by atoms with E-state index in [1.54, 1.807) is 18.2 Å². The van der Waals surface area contributed by atoms with Gasteiger partial charge in [-0.1, -0.05) is 11.8 Å². The Bertz CT molecular complexity index is 600. The largest absolute Gasteiger partial charge is 0.478 e. The van der Waals surface area contributed by atoms with Crippen molar-refractivity contribution in [1.82, 2.24) is 4.98 Å². The second-order valence-corrected chi connectivity index (χ2v) is 4.52. The number of aromatic nitrogens is 1. The third kappa shape index (κ3) is 2.87. The summed E-state index contributed by atoms with van der Waals surface area (Å²) in [6.07, 6.45) is 1.33. The third-order valence-corrected chi connectivity index (χ3v) is 3.15. The predicted molar refractivity (Wildman–Crippen MR) is 66.5 cm³/mol. The number of pyridine rings is 1. The minimum absolute atomic E-state index is 0.166. The van der Waals surface area contributed by atoms with Gasteiger partial charge in [0, 0.05) is 11.1 Å². The number of benzene rings is 1. The highest BCUT2D eigenvalue weighted by Crippen LogP contribution is 2.25. The van der Waals surface area contributed by atoms with Gasteiger partial charge >= 0.3 is 5.97 Å². The minimum Gasteiger partial charge on any atom is -0.478 e. The molecular weight excluding hydrogens is 248 g/mol. The fourth-order valence-corrected chi connectivity index (χ4v) is 2.04. The molecule has 1 aromatic heterocycles. The molecule has 0 saturated carbocycles. The Balaban J connectivity index is 2.13. The molecule has 0 aliphatic rings. The van der Waals surface area contributed by atoms with Gasteiger partial charge in [0.1, 0.15) is 5.03 Å². The summed E-state index contributed by atoms with van der Waals surface area (Å²) < 4.78 is 0. The van der Waals surface area contributed by atoms with E-state index in [1.807, 2.05) is 18.2 Å². The molecule has 2 rings (SSSR count). The van der Waals surface area contributed by atoms with E-state index in [1.165, 1.54) is 24.0 Å². The van der Waals surface area contributed by atoms with Crippen LogP contribution >= 0.6 is 11.8 Å². The molecule has 2 aromatic rings. The van der Waals surface area contributed by atoms with Crippen LogP contribution in [0.4, 0.5) is 0 Å². The van der Waals surface area contributed by atoms with Crippen LogP contribution in [0.2, 0.25) is 0 Å². The normalized spacial score (nSPS) is 9.72. The number of hydrogen-bond donors (Lipinski definition) is 1. The maximum absolute atomic E-state index is 10.7. The average Bonchev–Trinajstić information content (AvgIpc) is 2.40. The van der Waals surface area contributed by atoms with Crippen LogP contribution in [-0.4, -0.2) is 16.1 Å². The molecule has 0 aliphatic heterocycles. The van der Waals surface area contributed by atoms with Crippen LogP contribution in [-0.2, 0) is 0 Å². The lowest BCUT2D eigenvalue weighted by molar-refractivity contribution is 0.0696. The van der Waals surface area contributed by atoms with Crippen molar-refractivity contribution in [2.75, 3.05) is 0 Å². The molecular formula is C13H8N2O2S. The number of nitriles is 1. The Hall–Kier alpha value is -2.32. The Kier molecular flexibility index (Phi) is 3.60. The van der Waals surface area contributed by atoms with Gasteiger partial charge in [-0.15, -0.1) is 0 Å². The molecule has 5 heteroatoms. The Labute approximate surface area is 108 Å². The van der Waals surface area contributed by atoms with Crippen molar-refractivity contribution in [1.29, 1.82) is 5.26 Å². The van der Waals surface area contributed by atoms with Gasteiger partial charge in [0.25, 0.3) is 0 Å². The van der Waals surface area contributed by atoms with Crippen LogP contribution < -0.4 is 0 Å². The number of carboxylic acids is 1. The van der Waals surface area contributed by atoms with Crippen LogP contribution in [0.1, 0.15) is 15.9 Å². The van der Waals surface area contributed by atoms with Crippen LogP contribution in [0.25, 0.3) is 0 Å². The summed E-state index contributed by atoms with van der Waals surface area (Å²) in [6, 6.07) is 12.3. The van der Waals surface area contributed by atoms with E-state index in [-0.39, 0.29) is 5.56 Å². The first-order valence-corrected chi connectivity index (χ1v) is 5.88. The van der Waals surface area contributed by atoms with E-state index in [0.29, 0.717) is 10.6 Å². The van der Waals surface area contributed by atoms with Gasteiger partial charge in [-0.2, -0.15) is 5.26 Å². The highest BCUT2D eigenvalue weighted by molar-refractivity contribution is 7.99. The Morgan fingerprint density at radius 2 is 1.94 bits per heavy atom. The molecule has 0 fully saturated rings. The molecule has 0 unspecified atom stereocenters. The second-order valence-electron chi connectivity index (χ2n) is 3.43. The summed E-state index contributed by atoms with van der Waals surface area (Å²) >= 11 is 1.41. The molecule has 4 nitrogen and oxygen atoms in total. The molecule has 18 heavy (non-hydrogen) atoms. The third-order valence-electron chi connectivity index (χ3n) is 2.19. The highest BCUT2D eigenvalue weighted by atomic mass is 32.2. The standard InChI is InChI=1S/C13H8N2O2S/c14-7-9-1-4-11(5-2-9)18-12-6-3-10(8-15-12)13(16)17/h1-6,8H,(H,16,17). The first-order chi connectivity index (χ1) is 8.69. The monoisotopic (exact) mass is 256 g/mol. The summed E-state index contributed by atoms with van der Waals surface area (Å²) in [5.41, 5.74) is 0.771. The van der Waals surface area contributed by atoms with Gasteiger partial charge in [0.15, 0.2) is 0 Å². The van der Waals surface area contributed by atoms with E-state index < -0.39 is 5.97 Å². The van der Waals surface area contributed by atoms with E-state index in [4.69, 9.17) is 10.4 Å². The van der Waals surface area contributed by atoms with E-state index in [2.05, 4.69) is 4.98 Å². The van der Waals surface area contributed by atoms with Gasteiger partial charge in [-0.25, -0.2) is 9.78 Å². The number of rotatable bonds is 3. The number of aromatic carboxylic acids is 1. The van der Waals surface area contributed by atoms with Gasteiger partial charge < -0.3 is 5.11 Å².